The summed E-state index contributed by atoms with van der Waals surface area (Å²) < 4.78 is 22.2. The van der Waals surface area contributed by atoms with Gasteiger partial charge in [-0.1, -0.05) is 0 Å². The predicted octanol–water partition coefficient (Wildman–Crippen LogP) is 0.0180. The number of aliphatic carboxylic acids is 1. The van der Waals surface area contributed by atoms with Crippen molar-refractivity contribution >= 4 is 15.8 Å². The van der Waals surface area contributed by atoms with Gasteiger partial charge in [0.25, 0.3) is 0 Å². The fourth-order valence-electron chi connectivity index (χ4n) is 1.66. The molecule has 1 rings (SSSR count). The quantitative estimate of drug-likeness (QED) is 0.634. The summed E-state index contributed by atoms with van der Waals surface area (Å²) in [7, 11) is -2.81. The van der Waals surface area contributed by atoms with Gasteiger partial charge >= 0.3 is 5.97 Å². The van der Waals surface area contributed by atoms with Crippen LogP contribution in [-0.2, 0) is 14.6 Å². The molecule has 0 aromatic rings. The molecule has 1 fully saturated rings. The molecule has 0 aromatic heterocycles. The van der Waals surface area contributed by atoms with Crippen LogP contribution in [0.3, 0.4) is 0 Å². The highest BCUT2D eigenvalue weighted by Crippen LogP contribution is 2.11. The fraction of sp³-hybridized carbons (Fsp3) is 0.889. The zero-order chi connectivity index (χ0) is 11.3. The Kier molecular flexibility index (Phi) is 4.53. The van der Waals surface area contributed by atoms with Gasteiger partial charge in [-0.25, -0.2) is 8.42 Å². The Morgan fingerprint density at radius 2 is 2.13 bits per heavy atom. The minimum Gasteiger partial charge on any atom is -0.481 e. The van der Waals surface area contributed by atoms with E-state index in [1.807, 2.05) is 0 Å². The molecule has 0 spiro atoms. The van der Waals surface area contributed by atoms with Gasteiger partial charge in [0.15, 0.2) is 9.84 Å². The van der Waals surface area contributed by atoms with E-state index in [4.69, 9.17) is 5.11 Å². The van der Waals surface area contributed by atoms with E-state index < -0.39 is 15.8 Å². The first-order valence-corrected chi connectivity index (χ1v) is 6.97. The highest BCUT2D eigenvalue weighted by Gasteiger charge is 2.26. The van der Waals surface area contributed by atoms with Crippen molar-refractivity contribution in [1.82, 2.24) is 5.32 Å². The zero-order valence-corrected chi connectivity index (χ0v) is 9.42. The molecule has 88 valence electrons. The van der Waals surface area contributed by atoms with Crippen LogP contribution in [0.4, 0.5) is 0 Å². The molecule has 5 nitrogen and oxygen atoms in total. The zero-order valence-electron chi connectivity index (χ0n) is 8.61. The topological polar surface area (TPSA) is 83.5 Å². The first-order chi connectivity index (χ1) is 6.99. The minimum atomic E-state index is -2.81. The van der Waals surface area contributed by atoms with E-state index in [0.717, 1.165) is 6.42 Å². The summed E-state index contributed by atoms with van der Waals surface area (Å²) in [5, 5.41) is 11.5. The first-order valence-electron chi connectivity index (χ1n) is 5.15. The molecule has 1 aliphatic rings. The predicted molar refractivity (Wildman–Crippen MR) is 56.5 cm³/mol. The van der Waals surface area contributed by atoms with Crippen LogP contribution in [-0.4, -0.2) is 43.6 Å². The van der Waals surface area contributed by atoms with Crippen molar-refractivity contribution < 1.29 is 18.3 Å². The SMILES string of the molecule is O=C(O)CCCCNC1CCS(=O)(=O)C1. The van der Waals surface area contributed by atoms with Gasteiger partial charge in [0.05, 0.1) is 11.5 Å². The molecule has 0 saturated carbocycles. The van der Waals surface area contributed by atoms with E-state index in [9.17, 15) is 13.2 Å². The van der Waals surface area contributed by atoms with Crippen molar-refractivity contribution in [3.63, 3.8) is 0 Å². The van der Waals surface area contributed by atoms with Gasteiger partial charge in [-0.15, -0.1) is 0 Å². The lowest BCUT2D eigenvalue weighted by Crippen LogP contribution is -2.30. The second-order valence-corrected chi connectivity index (χ2v) is 6.13. The number of nitrogens with one attached hydrogen (secondary N) is 1. The van der Waals surface area contributed by atoms with Gasteiger partial charge in [0.2, 0.25) is 0 Å². The Morgan fingerprint density at radius 3 is 2.67 bits per heavy atom. The number of carboxylic acids is 1. The van der Waals surface area contributed by atoms with Crippen LogP contribution in [0.2, 0.25) is 0 Å². The molecule has 1 unspecified atom stereocenters. The van der Waals surface area contributed by atoms with Crippen LogP contribution < -0.4 is 5.32 Å². The summed E-state index contributed by atoms with van der Waals surface area (Å²) in [6, 6.07) is 0.0693. The maximum absolute atomic E-state index is 11.1. The van der Waals surface area contributed by atoms with E-state index in [1.165, 1.54) is 0 Å². The largest absolute Gasteiger partial charge is 0.481 e. The Bertz CT molecular complexity index is 312. The van der Waals surface area contributed by atoms with E-state index in [2.05, 4.69) is 5.32 Å². The fourth-order valence-corrected chi connectivity index (χ4v) is 3.37. The minimum absolute atomic E-state index is 0.0693. The van der Waals surface area contributed by atoms with Gasteiger partial charge in [-0.2, -0.15) is 0 Å². The normalized spacial score (nSPS) is 24.1. The number of unbranched alkanes of at least 4 members (excludes halogenated alkanes) is 1. The Labute approximate surface area is 89.8 Å². The number of carboxylic acid groups (broad SMARTS) is 1. The number of sulfone groups is 1. The number of carbonyl (C=O) groups is 1. The van der Waals surface area contributed by atoms with Crippen LogP contribution in [0.5, 0.6) is 0 Å². The lowest BCUT2D eigenvalue weighted by molar-refractivity contribution is -0.137. The Morgan fingerprint density at radius 1 is 1.40 bits per heavy atom. The van der Waals surface area contributed by atoms with Gasteiger partial charge in [-0.3, -0.25) is 4.79 Å². The Balaban J connectivity index is 2.04. The highest BCUT2D eigenvalue weighted by atomic mass is 32.2. The van der Waals surface area contributed by atoms with E-state index in [1.54, 1.807) is 0 Å². The van der Waals surface area contributed by atoms with Crippen molar-refractivity contribution in [1.29, 1.82) is 0 Å². The summed E-state index contributed by atoms with van der Waals surface area (Å²) in [6.45, 7) is 0.702. The summed E-state index contributed by atoms with van der Waals surface area (Å²) in [5.41, 5.74) is 0. The molecule has 1 atom stereocenters. The van der Waals surface area contributed by atoms with Gasteiger partial charge in [0.1, 0.15) is 0 Å². The summed E-state index contributed by atoms with van der Waals surface area (Å²) in [4.78, 5) is 10.2. The van der Waals surface area contributed by atoms with Crippen LogP contribution in [0.1, 0.15) is 25.7 Å². The second kappa shape index (κ2) is 5.46. The smallest absolute Gasteiger partial charge is 0.303 e. The van der Waals surface area contributed by atoms with E-state index >= 15 is 0 Å². The standard InChI is InChI=1S/C9H17NO4S/c11-9(12)3-1-2-5-10-8-4-6-15(13,14)7-8/h8,10H,1-7H2,(H,11,12). The molecule has 0 aliphatic carbocycles. The van der Waals surface area contributed by atoms with Crippen molar-refractivity contribution in [2.75, 3.05) is 18.1 Å². The van der Waals surface area contributed by atoms with Crippen LogP contribution in [0, 0.1) is 0 Å². The molecule has 0 radical (unpaired) electrons. The molecule has 1 saturated heterocycles. The molecular weight excluding hydrogens is 218 g/mol. The van der Waals surface area contributed by atoms with Crippen molar-refractivity contribution in [3.8, 4) is 0 Å². The third-order valence-electron chi connectivity index (χ3n) is 2.48. The molecule has 2 N–H and O–H groups in total. The molecular formula is C9H17NO4S. The maximum atomic E-state index is 11.1. The van der Waals surface area contributed by atoms with Crippen molar-refractivity contribution in [3.05, 3.63) is 0 Å². The summed E-state index contributed by atoms with van der Waals surface area (Å²) >= 11 is 0. The van der Waals surface area contributed by atoms with Gasteiger partial charge in [0, 0.05) is 12.5 Å². The summed E-state index contributed by atoms with van der Waals surface area (Å²) in [5.74, 6) is -0.274. The third kappa shape index (κ3) is 5.13. The van der Waals surface area contributed by atoms with Gasteiger partial charge < -0.3 is 10.4 Å². The molecule has 0 aromatic carbocycles. The molecule has 1 aliphatic heterocycles. The molecule has 15 heavy (non-hydrogen) atoms. The second-order valence-electron chi connectivity index (χ2n) is 3.90. The maximum Gasteiger partial charge on any atom is 0.303 e. The Hall–Kier alpha value is -0.620. The third-order valence-corrected chi connectivity index (χ3v) is 4.25. The van der Waals surface area contributed by atoms with E-state index in [-0.39, 0.29) is 24.0 Å². The van der Waals surface area contributed by atoms with Crippen LogP contribution in [0.15, 0.2) is 0 Å². The van der Waals surface area contributed by atoms with Crippen molar-refractivity contribution in [2.24, 2.45) is 0 Å². The monoisotopic (exact) mass is 235 g/mol. The molecule has 0 amide bonds. The first kappa shape index (κ1) is 12.4. The highest BCUT2D eigenvalue weighted by molar-refractivity contribution is 7.91. The van der Waals surface area contributed by atoms with Crippen LogP contribution in [0.25, 0.3) is 0 Å². The van der Waals surface area contributed by atoms with Gasteiger partial charge in [-0.05, 0) is 25.8 Å². The molecule has 1 heterocycles. The van der Waals surface area contributed by atoms with Crippen molar-refractivity contribution in [2.45, 2.75) is 31.7 Å². The number of hydrogen-bond donors (Lipinski definition) is 2. The average Bonchev–Trinajstić information content (AvgIpc) is 2.44. The molecule has 6 heteroatoms. The summed E-state index contributed by atoms with van der Waals surface area (Å²) in [6.07, 6.45) is 2.29. The lowest BCUT2D eigenvalue weighted by Gasteiger charge is -2.09. The molecule has 0 bridgehead atoms. The lowest BCUT2D eigenvalue weighted by atomic mass is 10.2. The van der Waals surface area contributed by atoms with Crippen LogP contribution >= 0.6 is 0 Å². The average molecular weight is 235 g/mol. The number of rotatable bonds is 6. The number of hydrogen-bond acceptors (Lipinski definition) is 4. The van der Waals surface area contributed by atoms with E-state index in [0.29, 0.717) is 19.4 Å².